The summed E-state index contributed by atoms with van der Waals surface area (Å²) in [6.45, 7) is 2.44. The molecule has 2 aromatic rings. The Morgan fingerprint density at radius 3 is 2.45 bits per heavy atom. The maximum Gasteiger partial charge on any atom is 0.337 e. The molecule has 0 amide bonds. The molecule has 0 heterocycles. The molecule has 0 bridgehead atoms. The molecule has 5 nitrogen and oxygen atoms in total. The number of aromatic carboxylic acids is 1. The number of benzene rings is 2. The van der Waals surface area contributed by atoms with Gasteiger partial charge in [0.1, 0.15) is 5.75 Å². The molecular weight excluding hydrogens is 282 g/mol. The largest absolute Gasteiger partial charge is 0.494 e. The third-order valence-electron chi connectivity index (χ3n) is 2.91. The summed E-state index contributed by atoms with van der Waals surface area (Å²) in [5.41, 5.74) is 0.757. The van der Waals surface area contributed by atoms with Crippen LogP contribution in [0.2, 0.25) is 0 Å². The Morgan fingerprint density at radius 2 is 1.82 bits per heavy atom. The predicted octanol–water partition coefficient (Wildman–Crippen LogP) is 3.37. The van der Waals surface area contributed by atoms with Gasteiger partial charge in [-0.05, 0) is 43.3 Å². The highest BCUT2D eigenvalue weighted by Gasteiger charge is 2.08. The number of aliphatic imine (C=N–C) groups is 1. The van der Waals surface area contributed by atoms with E-state index in [1.807, 2.05) is 6.92 Å². The van der Waals surface area contributed by atoms with Crippen LogP contribution >= 0.6 is 0 Å². The molecule has 0 aromatic heterocycles. The number of nitrogens with zero attached hydrogens (tertiary/aromatic N) is 1. The molecule has 2 rings (SSSR count). The lowest BCUT2D eigenvalue weighted by Gasteiger charge is -2.03. The van der Waals surface area contributed by atoms with E-state index in [4.69, 9.17) is 9.84 Å². The van der Waals surface area contributed by atoms with Crippen LogP contribution in [-0.2, 0) is 0 Å². The van der Waals surface area contributed by atoms with Gasteiger partial charge in [0.05, 0.1) is 24.1 Å². The molecule has 0 unspecified atom stereocenters. The van der Waals surface area contributed by atoms with Gasteiger partial charge in [0.2, 0.25) is 5.78 Å². The quantitative estimate of drug-likeness (QED) is 0.655. The number of carboxylic acids is 1. The number of ether oxygens (including phenoxy) is 1. The molecular formula is C17H15NO4. The molecule has 0 fully saturated rings. The van der Waals surface area contributed by atoms with Gasteiger partial charge in [-0.3, -0.25) is 9.79 Å². The summed E-state index contributed by atoms with van der Waals surface area (Å²) in [5.74, 6) is -0.697. The highest BCUT2D eigenvalue weighted by molar-refractivity contribution is 6.35. The maximum absolute atomic E-state index is 12.0. The van der Waals surface area contributed by atoms with Crippen LogP contribution in [0.1, 0.15) is 27.6 Å². The fourth-order valence-electron chi connectivity index (χ4n) is 1.85. The van der Waals surface area contributed by atoms with Crippen molar-refractivity contribution in [2.45, 2.75) is 6.92 Å². The number of carbonyl (C=O) groups excluding carboxylic acids is 1. The third kappa shape index (κ3) is 3.79. The van der Waals surface area contributed by atoms with Crippen molar-refractivity contribution in [1.82, 2.24) is 0 Å². The van der Waals surface area contributed by atoms with Crippen LogP contribution in [0.4, 0.5) is 5.69 Å². The van der Waals surface area contributed by atoms with Gasteiger partial charge in [-0.1, -0.05) is 12.1 Å². The topological polar surface area (TPSA) is 76.0 Å². The lowest BCUT2D eigenvalue weighted by atomic mass is 10.1. The molecule has 22 heavy (non-hydrogen) atoms. The zero-order chi connectivity index (χ0) is 15.9. The molecule has 0 radical (unpaired) electrons. The highest BCUT2D eigenvalue weighted by atomic mass is 16.5. The summed E-state index contributed by atoms with van der Waals surface area (Å²) in [6.07, 6.45) is 1.12. The molecule has 0 aliphatic carbocycles. The molecule has 0 aliphatic rings. The van der Waals surface area contributed by atoms with E-state index in [0.717, 1.165) is 6.21 Å². The number of rotatable bonds is 6. The van der Waals surface area contributed by atoms with Crippen molar-refractivity contribution in [3.8, 4) is 5.75 Å². The van der Waals surface area contributed by atoms with Gasteiger partial charge < -0.3 is 9.84 Å². The Balaban J connectivity index is 2.16. The molecule has 0 aliphatic heterocycles. The van der Waals surface area contributed by atoms with Crippen LogP contribution in [0.15, 0.2) is 53.5 Å². The lowest BCUT2D eigenvalue weighted by molar-refractivity contribution is 0.0697. The van der Waals surface area contributed by atoms with Crippen molar-refractivity contribution < 1.29 is 19.4 Å². The number of carboxylic acid groups (broad SMARTS) is 1. The van der Waals surface area contributed by atoms with Crippen molar-refractivity contribution in [3.63, 3.8) is 0 Å². The van der Waals surface area contributed by atoms with Crippen LogP contribution < -0.4 is 4.74 Å². The van der Waals surface area contributed by atoms with Crippen LogP contribution in [0.3, 0.4) is 0 Å². The zero-order valence-electron chi connectivity index (χ0n) is 12.0. The second-order valence-corrected chi connectivity index (χ2v) is 4.40. The van der Waals surface area contributed by atoms with Gasteiger partial charge >= 0.3 is 5.97 Å². The van der Waals surface area contributed by atoms with E-state index in [1.165, 1.54) is 6.07 Å². The van der Waals surface area contributed by atoms with E-state index in [-0.39, 0.29) is 17.0 Å². The van der Waals surface area contributed by atoms with E-state index < -0.39 is 5.97 Å². The average Bonchev–Trinajstić information content (AvgIpc) is 2.54. The summed E-state index contributed by atoms with van der Waals surface area (Å²) in [6, 6.07) is 13.0. The van der Waals surface area contributed by atoms with Crippen LogP contribution in [-0.4, -0.2) is 29.7 Å². The van der Waals surface area contributed by atoms with Gasteiger partial charge in [-0.2, -0.15) is 0 Å². The number of Topliss-reactive ketones (excluding diaryl/α,β-unsaturated/α-hetero) is 1. The van der Waals surface area contributed by atoms with Gasteiger partial charge in [-0.25, -0.2) is 4.79 Å². The minimum absolute atomic E-state index is 0.0539. The third-order valence-corrected chi connectivity index (χ3v) is 2.91. The number of para-hydroxylation sites is 1. The number of carbonyl (C=O) groups is 2. The van der Waals surface area contributed by atoms with Crippen LogP contribution in [0.5, 0.6) is 5.75 Å². The minimum atomic E-state index is -1.08. The first-order valence-electron chi connectivity index (χ1n) is 6.75. The predicted molar refractivity (Wildman–Crippen MR) is 83.5 cm³/mol. The summed E-state index contributed by atoms with van der Waals surface area (Å²) in [7, 11) is 0. The van der Waals surface area contributed by atoms with Crippen molar-refractivity contribution in [2.24, 2.45) is 4.99 Å². The average molecular weight is 297 g/mol. The first kappa shape index (κ1) is 15.4. The maximum atomic E-state index is 12.0. The van der Waals surface area contributed by atoms with E-state index in [1.54, 1.807) is 42.5 Å². The Morgan fingerprint density at radius 1 is 1.14 bits per heavy atom. The molecule has 0 saturated heterocycles. The SMILES string of the molecule is CCOc1ccc(C(=O)C=Nc2ccccc2C(=O)O)cc1. The standard InChI is InChI=1S/C17H15NO4/c1-2-22-13-9-7-12(8-10-13)16(19)11-18-15-6-4-3-5-14(15)17(20)21/h3-11H,2H2,1H3,(H,20,21). The molecule has 0 saturated carbocycles. The van der Waals surface area contributed by atoms with E-state index in [0.29, 0.717) is 17.9 Å². The summed E-state index contributed by atoms with van der Waals surface area (Å²) in [5, 5.41) is 9.06. The first-order chi connectivity index (χ1) is 10.6. The van der Waals surface area contributed by atoms with Crippen LogP contribution in [0, 0.1) is 0 Å². The Kier molecular flexibility index (Phi) is 5.03. The molecule has 112 valence electrons. The van der Waals surface area contributed by atoms with E-state index in [9.17, 15) is 9.59 Å². The Bertz CT molecular complexity index is 705. The second-order valence-electron chi connectivity index (χ2n) is 4.40. The fourth-order valence-corrected chi connectivity index (χ4v) is 1.85. The molecule has 2 aromatic carbocycles. The highest BCUT2D eigenvalue weighted by Crippen LogP contribution is 2.18. The number of ketones is 1. The van der Waals surface area contributed by atoms with Gasteiger partial charge in [-0.15, -0.1) is 0 Å². The fraction of sp³-hybridized carbons (Fsp3) is 0.118. The zero-order valence-corrected chi connectivity index (χ0v) is 12.0. The Hall–Kier alpha value is -2.95. The van der Waals surface area contributed by atoms with Gasteiger partial charge in [0, 0.05) is 5.56 Å². The first-order valence-corrected chi connectivity index (χ1v) is 6.75. The molecule has 1 N–H and O–H groups in total. The Labute approximate surface area is 127 Å². The molecule has 0 atom stereocenters. The molecule has 5 heteroatoms. The summed E-state index contributed by atoms with van der Waals surface area (Å²) < 4.78 is 5.30. The number of hydrogen-bond acceptors (Lipinski definition) is 4. The second kappa shape index (κ2) is 7.17. The van der Waals surface area contributed by atoms with Crippen molar-refractivity contribution in [2.75, 3.05) is 6.61 Å². The summed E-state index contributed by atoms with van der Waals surface area (Å²) >= 11 is 0. The van der Waals surface area contributed by atoms with Crippen molar-refractivity contribution in [3.05, 3.63) is 59.7 Å². The summed E-state index contributed by atoms with van der Waals surface area (Å²) in [4.78, 5) is 27.1. The molecule has 0 spiro atoms. The monoisotopic (exact) mass is 297 g/mol. The smallest absolute Gasteiger partial charge is 0.337 e. The van der Waals surface area contributed by atoms with Gasteiger partial charge in [0.15, 0.2) is 0 Å². The lowest BCUT2D eigenvalue weighted by Crippen LogP contribution is -2.01. The normalized spacial score (nSPS) is 10.6. The van der Waals surface area contributed by atoms with E-state index >= 15 is 0 Å². The van der Waals surface area contributed by atoms with Gasteiger partial charge in [0.25, 0.3) is 0 Å². The van der Waals surface area contributed by atoms with E-state index in [2.05, 4.69) is 4.99 Å². The minimum Gasteiger partial charge on any atom is -0.494 e. The van der Waals surface area contributed by atoms with Crippen molar-refractivity contribution in [1.29, 1.82) is 0 Å². The number of hydrogen-bond donors (Lipinski definition) is 1. The van der Waals surface area contributed by atoms with Crippen molar-refractivity contribution >= 4 is 23.7 Å². The van der Waals surface area contributed by atoms with Crippen LogP contribution in [0.25, 0.3) is 0 Å².